The lowest BCUT2D eigenvalue weighted by atomic mass is 9.59. The molecule has 0 amide bonds. The molecule has 0 spiro atoms. The van der Waals surface area contributed by atoms with Gasteiger partial charge in [-0.3, -0.25) is 0 Å². The van der Waals surface area contributed by atoms with Gasteiger partial charge in [-0.25, -0.2) is 0 Å². The summed E-state index contributed by atoms with van der Waals surface area (Å²) in [5.74, 6) is 0.714. The number of benzene rings is 1. The van der Waals surface area contributed by atoms with Crippen LogP contribution in [0.25, 0.3) is 0 Å². The molecule has 0 heterocycles. The first-order valence-electron chi connectivity index (χ1n) is 7.08. The molecule has 1 aliphatic carbocycles. The number of nitrogens with one attached hydrogen (secondary N) is 1. The molecule has 3 atom stereocenters. The van der Waals surface area contributed by atoms with Crippen LogP contribution in [-0.4, -0.2) is 17.0 Å². The maximum Gasteiger partial charge on any atom is 0.0406 e. The van der Waals surface area contributed by atoms with E-state index in [0.717, 1.165) is 5.02 Å². The summed E-state index contributed by atoms with van der Waals surface area (Å²) < 4.78 is 0.711. The molecular formula is C16H23ClIN. The van der Waals surface area contributed by atoms with Crippen molar-refractivity contribution in [1.29, 1.82) is 0 Å². The van der Waals surface area contributed by atoms with E-state index in [1.165, 1.54) is 24.8 Å². The van der Waals surface area contributed by atoms with Gasteiger partial charge in [0.2, 0.25) is 0 Å². The summed E-state index contributed by atoms with van der Waals surface area (Å²) in [5, 5.41) is 4.41. The van der Waals surface area contributed by atoms with Gasteiger partial charge in [0.1, 0.15) is 0 Å². The fourth-order valence-electron chi connectivity index (χ4n) is 3.30. The third kappa shape index (κ3) is 2.96. The molecule has 19 heavy (non-hydrogen) atoms. The molecule has 0 radical (unpaired) electrons. The van der Waals surface area contributed by atoms with Crippen molar-refractivity contribution >= 4 is 34.2 Å². The smallest absolute Gasteiger partial charge is 0.0406 e. The summed E-state index contributed by atoms with van der Waals surface area (Å²) >= 11 is 8.67. The van der Waals surface area contributed by atoms with Crippen LogP contribution in [0.2, 0.25) is 5.02 Å². The number of likely N-dealkylation sites (N-methyl/N-ethyl adjacent to an activating group) is 1. The zero-order valence-electron chi connectivity index (χ0n) is 11.9. The Balaban J connectivity index is 2.34. The molecule has 1 aliphatic rings. The van der Waals surface area contributed by atoms with Crippen LogP contribution in [0, 0.1) is 5.92 Å². The molecule has 0 bridgehead atoms. The molecule has 1 aromatic carbocycles. The van der Waals surface area contributed by atoms with Crippen LogP contribution in [0.5, 0.6) is 0 Å². The van der Waals surface area contributed by atoms with Gasteiger partial charge in [0.05, 0.1) is 0 Å². The zero-order valence-corrected chi connectivity index (χ0v) is 14.8. The summed E-state index contributed by atoms with van der Waals surface area (Å²) in [7, 11) is 2.10. The van der Waals surface area contributed by atoms with Gasteiger partial charge in [-0.2, -0.15) is 0 Å². The Morgan fingerprint density at radius 1 is 1.37 bits per heavy atom. The molecule has 2 rings (SSSR count). The Labute approximate surface area is 135 Å². The first-order chi connectivity index (χ1) is 9.00. The Hall–Kier alpha value is 0.200. The van der Waals surface area contributed by atoms with Crippen LogP contribution >= 0.6 is 34.2 Å². The summed E-state index contributed by atoms with van der Waals surface area (Å²) in [5.41, 5.74) is 1.73. The molecule has 0 aromatic heterocycles. The normalized spacial score (nSPS) is 28.2. The Kier molecular flexibility index (Phi) is 5.18. The number of hydrogen-bond acceptors (Lipinski definition) is 1. The fraction of sp³-hybridized carbons (Fsp3) is 0.625. The van der Waals surface area contributed by atoms with Crippen LogP contribution < -0.4 is 5.32 Å². The van der Waals surface area contributed by atoms with Crippen LogP contribution in [-0.2, 0) is 5.41 Å². The highest BCUT2D eigenvalue weighted by molar-refractivity contribution is 14.1. The first-order valence-corrected chi connectivity index (χ1v) is 8.70. The van der Waals surface area contributed by atoms with Gasteiger partial charge in [0, 0.05) is 20.4 Å². The molecule has 0 saturated heterocycles. The average Bonchev–Trinajstić information content (AvgIpc) is 2.38. The van der Waals surface area contributed by atoms with Crippen molar-refractivity contribution in [3.05, 3.63) is 34.9 Å². The van der Waals surface area contributed by atoms with Crippen molar-refractivity contribution < 1.29 is 0 Å². The van der Waals surface area contributed by atoms with Gasteiger partial charge in [0.25, 0.3) is 0 Å². The van der Waals surface area contributed by atoms with Gasteiger partial charge >= 0.3 is 0 Å². The maximum atomic E-state index is 6.04. The van der Waals surface area contributed by atoms with Crippen molar-refractivity contribution in [2.45, 2.75) is 48.5 Å². The number of rotatable bonds is 5. The summed E-state index contributed by atoms with van der Waals surface area (Å²) in [6.45, 7) is 4.61. The highest BCUT2D eigenvalue weighted by atomic mass is 127. The number of hydrogen-bond donors (Lipinski definition) is 1. The van der Waals surface area contributed by atoms with Gasteiger partial charge in [-0.1, -0.05) is 60.2 Å². The molecular weight excluding hydrogens is 369 g/mol. The van der Waals surface area contributed by atoms with Crippen molar-refractivity contribution in [1.82, 2.24) is 5.32 Å². The largest absolute Gasteiger partial charge is 0.316 e. The molecule has 0 aliphatic heterocycles. The topological polar surface area (TPSA) is 12.0 Å². The van der Waals surface area contributed by atoms with Crippen molar-refractivity contribution in [3.63, 3.8) is 0 Å². The quantitative estimate of drug-likeness (QED) is 0.561. The van der Waals surface area contributed by atoms with E-state index < -0.39 is 0 Å². The predicted molar refractivity (Wildman–Crippen MR) is 92.5 cm³/mol. The Morgan fingerprint density at radius 3 is 2.37 bits per heavy atom. The van der Waals surface area contributed by atoms with E-state index in [1.54, 1.807) is 0 Å². The fourth-order valence-corrected chi connectivity index (χ4v) is 4.84. The number of halogens is 2. The summed E-state index contributed by atoms with van der Waals surface area (Å²) in [6, 6.07) is 9.05. The van der Waals surface area contributed by atoms with Crippen molar-refractivity contribution in [2.75, 3.05) is 7.05 Å². The molecule has 1 nitrogen and oxygen atoms in total. The van der Waals surface area contributed by atoms with E-state index >= 15 is 0 Å². The number of alkyl halides is 1. The minimum absolute atomic E-state index is 0.282. The van der Waals surface area contributed by atoms with Gasteiger partial charge < -0.3 is 5.32 Å². The second kappa shape index (κ2) is 6.31. The van der Waals surface area contributed by atoms with Gasteiger partial charge in [-0.15, -0.1) is 0 Å². The van der Waals surface area contributed by atoms with E-state index in [2.05, 4.69) is 60.9 Å². The molecule has 1 saturated carbocycles. The van der Waals surface area contributed by atoms with E-state index in [-0.39, 0.29) is 5.41 Å². The maximum absolute atomic E-state index is 6.04. The second-order valence-electron chi connectivity index (χ2n) is 6.02. The SMILES string of the molecule is CNC(CC(C)C)C1(c2ccc(Cl)cc2)CCC1I. The standard InChI is InChI=1S/C16H23ClIN/c1-11(2)10-15(19-3)16(9-8-14(16)18)12-4-6-13(17)7-5-12/h4-7,11,14-15,19H,8-10H2,1-3H3. The zero-order chi connectivity index (χ0) is 14.0. The minimum Gasteiger partial charge on any atom is -0.316 e. The molecule has 106 valence electrons. The first kappa shape index (κ1) is 15.6. The predicted octanol–water partition coefficient (Wildman–Crippen LogP) is 4.81. The van der Waals surface area contributed by atoms with Crippen molar-refractivity contribution in [2.24, 2.45) is 5.92 Å². The highest BCUT2D eigenvalue weighted by Gasteiger charge is 2.51. The second-order valence-corrected chi connectivity index (χ2v) is 7.96. The average molecular weight is 392 g/mol. The van der Waals surface area contributed by atoms with Crippen LogP contribution in [0.15, 0.2) is 24.3 Å². The minimum atomic E-state index is 0.282. The van der Waals surface area contributed by atoms with Gasteiger partial charge in [0.15, 0.2) is 0 Å². The van der Waals surface area contributed by atoms with Crippen LogP contribution in [0.4, 0.5) is 0 Å². The monoisotopic (exact) mass is 391 g/mol. The van der Waals surface area contributed by atoms with E-state index in [9.17, 15) is 0 Å². The van der Waals surface area contributed by atoms with E-state index in [0.29, 0.717) is 15.9 Å². The van der Waals surface area contributed by atoms with Crippen LogP contribution in [0.1, 0.15) is 38.7 Å². The third-order valence-corrected chi connectivity index (χ3v) is 6.42. The van der Waals surface area contributed by atoms with Crippen molar-refractivity contribution in [3.8, 4) is 0 Å². The lowest BCUT2D eigenvalue weighted by Crippen LogP contribution is -2.58. The summed E-state index contributed by atoms with van der Waals surface area (Å²) in [6.07, 6.45) is 3.82. The van der Waals surface area contributed by atoms with E-state index in [1.807, 2.05) is 12.1 Å². The molecule has 3 heteroatoms. The Morgan fingerprint density at radius 2 is 2.00 bits per heavy atom. The molecule has 3 unspecified atom stereocenters. The molecule has 1 aromatic rings. The Bertz CT molecular complexity index is 417. The lowest BCUT2D eigenvalue weighted by molar-refractivity contribution is 0.176. The lowest BCUT2D eigenvalue weighted by Gasteiger charge is -2.53. The van der Waals surface area contributed by atoms with Gasteiger partial charge in [-0.05, 0) is 49.9 Å². The summed E-state index contributed by atoms with van der Waals surface area (Å²) in [4.78, 5) is 0. The highest BCUT2D eigenvalue weighted by Crippen LogP contribution is 2.52. The van der Waals surface area contributed by atoms with Crippen LogP contribution in [0.3, 0.4) is 0 Å². The van der Waals surface area contributed by atoms with E-state index in [4.69, 9.17) is 11.6 Å². The molecule has 1 fully saturated rings. The molecule has 1 N–H and O–H groups in total. The third-order valence-electron chi connectivity index (χ3n) is 4.43.